The van der Waals surface area contributed by atoms with Crippen LogP contribution in [0.25, 0.3) is 0 Å². The summed E-state index contributed by atoms with van der Waals surface area (Å²) in [5.74, 6) is 5.83. The molecule has 0 fully saturated rings. The lowest BCUT2D eigenvalue weighted by Crippen LogP contribution is -2.21. The van der Waals surface area contributed by atoms with Crippen LogP contribution in [-0.4, -0.2) is 28.8 Å². The van der Waals surface area contributed by atoms with Gasteiger partial charge in [0.05, 0.1) is 0 Å². The highest BCUT2D eigenvalue weighted by molar-refractivity contribution is 7.84. The number of rotatable bonds is 6. The fourth-order valence-corrected chi connectivity index (χ4v) is 1.32. The number of hydrogen-bond donors (Lipinski definition) is 1. The molecular weight excluding hydrogens is 182 g/mol. The summed E-state index contributed by atoms with van der Waals surface area (Å²) in [7, 11) is -0.687. The van der Waals surface area contributed by atoms with Gasteiger partial charge in [-0.25, -0.2) is 0 Å². The molecule has 0 aliphatic carbocycles. The van der Waals surface area contributed by atoms with Crippen LogP contribution in [0.2, 0.25) is 0 Å². The molecule has 2 nitrogen and oxygen atoms in total. The van der Waals surface area contributed by atoms with E-state index in [0.29, 0.717) is 5.25 Å². The average molecular weight is 201 g/mol. The van der Waals surface area contributed by atoms with Crippen LogP contribution in [0, 0.1) is 11.8 Å². The van der Waals surface area contributed by atoms with E-state index in [4.69, 9.17) is 0 Å². The topological polar surface area (TPSA) is 29.1 Å². The highest BCUT2D eigenvalue weighted by atomic mass is 32.2. The molecule has 0 aromatic heterocycles. The normalized spacial score (nSPS) is 14.4. The molecule has 0 saturated carbocycles. The van der Waals surface area contributed by atoms with Gasteiger partial charge in [-0.05, 0) is 19.9 Å². The van der Waals surface area contributed by atoms with E-state index in [1.54, 1.807) is 6.26 Å². The van der Waals surface area contributed by atoms with Gasteiger partial charge in [0.25, 0.3) is 0 Å². The van der Waals surface area contributed by atoms with Crippen LogP contribution in [0.5, 0.6) is 0 Å². The van der Waals surface area contributed by atoms with E-state index < -0.39 is 10.8 Å². The summed E-state index contributed by atoms with van der Waals surface area (Å²) in [4.78, 5) is 0. The van der Waals surface area contributed by atoms with E-state index in [0.717, 1.165) is 25.9 Å². The van der Waals surface area contributed by atoms with Crippen molar-refractivity contribution in [3.05, 3.63) is 0 Å². The number of hydrogen-bond acceptors (Lipinski definition) is 2. The molecule has 0 aliphatic heterocycles. The van der Waals surface area contributed by atoms with Gasteiger partial charge in [0, 0.05) is 35.3 Å². The molecule has 0 radical (unpaired) electrons. The predicted octanol–water partition coefficient (Wildman–Crippen LogP) is 1.15. The van der Waals surface area contributed by atoms with Crippen LogP contribution in [-0.2, 0) is 10.8 Å². The molecular formula is C10H19NOS. The lowest BCUT2D eigenvalue weighted by atomic mass is 10.3. The number of nitrogens with one attached hydrogen (secondary N) is 1. The Hall–Kier alpha value is -0.330. The molecule has 0 saturated heterocycles. The standard InChI is InChI=1S/C10H19NOS/c1-4-5-6-8-11-9-7-10(2)13(3)12/h10-11H,6-9H2,1-3H3. The van der Waals surface area contributed by atoms with Gasteiger partial charge in [-0.1, -0.05) is 6.92 Å². The van der Waals surface area contributed by atoms with Gasteiger partial charge in [0.15, 0.2) is 0 Å². The Morgan fingerprint density at radius 2 is 2.15 bits per heavy atom. The Bertz CT molecular complexity index is 205. The molecule has 13 heavy (non-hydrogen) atoms. The predicted molar refractivity (Wildman–Crippen MR) is 59.1 cm³/mol. The van der Waals surface area contributed by atoms with E-state index in [-0.39, 0.29) is 0 Å². The molecule has 0 bridgehead atoms. The van der Waals surface area contributed by atoms with Crippen LogP contribution in [0.4, 0.5) is 0 Å². The van der Waals surface area contributed by atoms with E-state index >= 15 is 0 Å². The maximum atomic E-state index is 11.0. The Morgan fingerprint density at radius 1 is 1.46 bits per heavy atom. The van der Waals surface area contributed by atoms with Gasteiger partial charge >= 0.3 is 0 Å². The SMILES string of the molecule is CC#CCCNCCC(C)S(C)=O. The molecule has 2 atom stereocenters. The third kappa shape index (κ3) is 8.01. The van der Waals surface area contributed by atoms with E-state index in [1.807, 2.05) is 13.8 Å². The summed E-state index contributed by atoms with van der Waals surface area (Å²) in [6, 6.07) is 0. The molecule has 0 amide bonds. The fourth-order valence-electron chi connectivity index (χ4n) is 0.872. The zero-order valence-corrected chi connectivity index (χ0v) is 9.54. The summed E-state index contributed by atoms with van der Waals surface area (Å²) in [5.41, 5.74) is 0. The van der Waals surface area contributed by atoms with Crippen molar-refractivity contribution in [1.82, 2.24) is 5.32 Å². The Kier molecular flexibility index (Phi) is 8.07. The summed E-state index contributed by atoms with van der Waals surface area (Å²) in [5, 5.41) is 3.57. The smallest absolute Gasteiger partial charge is 0.0329 e. The molecule has 0 heterocycles. The molecule has 0 rings (SSSR count). The van der Waals surface area contributed by atoms with Gasteiger partial charge in [0.2, 0.25) is 0 Å². The van der Waals surface area contributed by atoms with E-state index in [1.165, 1.54) is 0 Å². The lowest BCUT2D eigenvalue weighted by Gasteiger charge is -2.07. The Balaban J connectivity index is 3.24. The first-order chi connectivity index (χ1) is 6.18. The van der Waals surface area contributed by atoms with Crippen LogP contribution >= 0.6 is 0 Å². The van der Waals surface area contributed by atoms with Crippen LogP contribution < -0.4 is 5.32 Å². The van der Waals surface area contributed by atoms with Gasteiger partial charge < -0.3 is 5.32 Å². The van der Waals surface area contributed by atoms with Crippen LogP contribution in [0.15, 0.2) is 0 Å². The van der Waals surface area contributed by atoms with Crippen molar-refractivity contribution in [2.24, 2.45) is 0 Å². The van der Waals surface area contributed by atoms with Gasteiger partial charge in [-0.2, -0.15) is 0 Å². The molecule has 0 aromatic rings. The molecule has 0 aliphatic rings. The first-order valence-electron chi connectivity index (χ1n) is 4.61. The van der Waals surface area contributed by atoms with Crippen LogP contribution in [0.3, 0.4) is 0 Å². The molecule has 3 heteroatoms. The van der Waals surface area contributed by atoms with Crippen molar-refractivity contribution >= 4 is 10.8 Å². The average Bonchev–Trinajstić information content (AvgIpc) is 2.10. The first-order valence-corrected chi connectivity index (χ1v) is 6.23. The largest absolute Gasteiger partial charge is 0.316 e. The minimum atomic E-state index is -0.687. The highest BCUT2D eigenvalue weighted by Gasteiger charge is 2.03. The van der Waals surface area contributed by atoms with E-state index in [2.05, 4.69) is 17.2 Å². The quantitative estimate of drug-likeness (QED) is 0.516. The molecule has 0 spiro atoms. The monoisotopic (exact) mass is 201 g/mol. The zero-order valence-electron chi connectivity index (χ0n) is 8.72. The second-order valence-corrected chi connectivity index (χ2v) is 4.83. The summed E-state index contributed by atoms with van der Waals surface area (Å²) < 4.78 is 11.0. The van der Waals surface area contributed by atoms with Crippen molar-refractivity contribution in [2.45, 2.75) is 31.9 Å². The maximum absolute atomic E-state index is 11.0. The Labute approximate surface area is 83.9 Å². The van der Waals surface area contributed by atoms with Crippen molar-refractivity contribution in [2.75, 3.05) is 19.3 Å². The molecule has 2 unspecified atom stereocenters. The second kappa shape index (κ2) is 8.28. The molecule has 0 aromatic carbocycles. The lowest BCUT2D eigenvalue weighted by molar-refractivity contribution is 0.633. The highest BCUT2D eigenvalue weighted by Crippen LogP contribution is 1.96. The van der Waals surface area contributed by atoms with Crippen molar-refractivity contribution in [3.63, 3.8) is 0 Å². The molecule has 1 N–H and O–H groups in total. The van der Waals surface area contributed by atoms with Gasteiger partial charge in [-0.15, -0.1) is 11.8 Å². The third-order valence-corrected chi connectivity index (χ3v) is 3.27. The van der Waals surface area contributed by atoms with Gasteiger partial charge in [0.1, 0.15) is 0 Å². The summed E-state index contributed by atoms with van der Waals surface area (Å²) in [6.07, 6.45) is 3.63. The third-order valence-electron chi connectivity index (χ3n) is 1.90. The summed E-state index contributed by atoms with van der Waals surface area (Å²) >= 11 is 0. The van der Waals surface area contributed by atoms with E-state index in [9.17, 15) is 4.21 Å². The van der Waals surface area contributed by atoms with Crippen molar-refractivity contribution in [3.8, 4) is 11.8 Å². The summed E-state index contributed by atoms with van der Waals surface area (Å²) in [6.45, 7) is 5.74. The minimum absolute atomic E-state index is 0.296. The van der Waals surface area contributed by atoms with Gasteiger partial charge in [-0.3, -0.25) is 4.21 Å². The van der Waals surface area contributed by atoms with Crippen LogP contribution in [0.1, 0.15) is 26.7 Å². The Morgan fingerprint density at radius 3 is 2.69 bits per heavy atom. The second-order valence-electron chi connectivity index (χ2n) is 3.02. The first kappa shape index (κ1) is 12.7. The van der Waals surface area contributed by atoms with Crippen molar-refractivity contribution in [1.29, 1.82) is 0 Å². The van der Waals surface area contributed by atoms with Crippen molar-refractivity contribution < 1.29 is 4.21 Å². The fraction of sp³-hybridized carbons (Fsp3) is 0.800. The zero-order chi connectivity index (χ0) is 10.1. The molecule has 76 valence electrons. The maximum Gasteiger partial charge on any atom is 0.0329 e. The minimum Gasteiger partial charge on any atom is -0.316 e.